The van der Waals surface area contributed by atoms with Gasteiger partial charge >= 0.3 is 0 Å². The minimum absolute atomic E-state index is 0.793. The van der Waals surface area contributed by atoms with E-state index in [-0.39, 0.29) is 0 Å². The summed E-state index contributed by atoms with van der Waals surface area (Å²) >= 11 is 1.61. The lowest BCUT2D eigenvalue weighted by Gasteiger charge is -2.04. The maximum Gasteiger partial charge on any atom is 0.0320 e. The minimum Gasteiger partial charge on any atom is -0.399 e. The van der Waals surface area contributed by atoms with Crippen LogP contribution in [0.15, 0.2) is 42.3 Å². The third kappa shape index (κ3) is 2.67. The molecule has 0 atom stereocenters. The Bertz CT molecular complexity index is 329. The van der Waals surface area contributed by atoms with Crippen molar-refractivity contribution in [2.75, 3.05) is 5.73 Å². The summed E-state index contributed by atoms with van der Waals surface area (Å²) in [5.41, 5.74) is 7.62. The van der Waals surface area contributed by atoms with Crippen LogP contribution in [0.4, 0.5) is 5.69 Å². The van der Waals surface area contributed by atoms with Crippen molar-refractivity contribution < 1.29 is 0 Å². The number of benzene rings is 1. The quantitative estimate of drug-likeness (QED) is 0.740. The number of rotatable bonds is 3. The van der Waals surface area contributed by atoms with Crippen LogP contribution in [0.2, 0.25) is 0 Å². The van der Waals surface area contributed by atoms with Crippen LogP contribution in [-0.2, 0) is 0 Å². The van der Waals surface area contributed by atoms with E-state index >= 15 is 0 Å². The highest BCUT2D eigenvalue weighted by Gasteiger charge is 1.98. The van der Waals surface area contributed by atoms with Crippen molar-refractivity contribution in [3.05, 3.63) is 47.9 Å². The zero-order chi connectivity index (χ0) is 9.68. The summed E-state index contributed by atoms with van der Waals surface area (Å²) in [5, 5.41) is 1.82. The molecule has 68 valence electrons. The molecule has 0 unspecified atom stereocenters. The smallest absolute Gasteiger partial charge is 0.0320 e. The van der Waals surface area contributed by atoms with E-state index in [1.807, 2.05) is 36.6 Å². The number of allylic oxidation sites excluding steroid dienone is 1. The monoisotopic (exact) mass is 191 g/mol. The predicted octanol–water partition coefficient (Wildman–Crippen LogP) is 3.51. The molecule has 1 nitrogen and oxygen atoms in total. The Morgan fingerprint density at radius 1 is 1.54 bits per heavy atom. The van der Waals surface area contributed by atoms with Crippen LogP contribution >= 0.6 is 11.8 Å². The van der Waals surface area contributed by atoms with Gasteiger partial charge in [0.25, 0.3) is 0 Å². The van der Waals surface area contributed by atoms with Crippen molar-refractivity contribution in [2.45, 2.75) is 6.92 Å². The van der Waals surface area contributed by atoms with E-state index in [4.69, 9.17) is 5.73 Å². The van der Waals surface area contributed by atoms with E-state index < -0.39 is 0 Å². The Morgan fingerprint density at radius 2 is 2.31 bits per heavy atom. The first-order chi connectivity index (χ1) is 6.27. The Morgan fingerprint density at radius 3 is 2.85 bits per heavy atom. The average Bonchev–Trinajstić information content (AvgIpc) is 2.14. The fourth-order valence-corrected chi connectivity index (χ4v) is 1.66. The SMILES string of the molecule is C=CS/C(=C\C)c1cccc(N)c1. The van der Waals surface area contributed by atoms with Crippen LogP contribution < -0.4 is 5.73 Å². The Balaban J connectivity index is 2.98. The number of hydrogen-bond donors (Lipinski definition) is 1. The van der Waals surface area contributed by atoms with Gasteiger partial charge in [0.2, 0.25) is 0 Å². The maximum absolute atomic E-state index is 5.68. The molecule has 2 heteroatoms. The van der Waals surface area contributed by atoms with E-state index in [1.54, 1.807) is 11.8 Å². The van der Waals surface area contributed by atoms with Gasteiger partial charge in [0, 0.05) is 10.6 Å². The summed E-state index contributed by atoms with van der Waals surface area (Å²) in [4.78, 5) is 1.18. The van der Waals surface area contributed by atoms with Crippen LogP contribution in [0.3, 0.4) is 0 Å². The fourth-order valence-electron chi connectivity index (χ4n) is 1.08. The van der Waals surface area contributed by atoms with Gasteiger partial charge in [0.15, 0.2) is 0 Å². The second-order valence-electron chi connectivity index (χ2n) is 2.56. The molecular formula is C11H13NS. The molecule has 0 amide bonds. The number of hydrogen-bond acceptors (Lipinski definition) is 2. The summed E-state index contributed by atoms with van der Waals surface area (Å²) in [6.07, 6.45) is 2.06. The topological polar surface area (TPSA) is 26.0 Å². The normalized spacial score (nSPS) is 11.3. The highest BCUT2D eigenvalue weighted by Crippen LogP contribution is 2.28. The highest BCUT2D eigenvalue weighted by molar-refractivity contribution is 8.10. The minimum atomic E-state index is 0.793. The van der Waals surface area contributed by atoms with Gasteiger partial charge in [-0.25, -0.2) is 0 Å². The molecular weight excluding hydrogens is 178 g/mol. The van der Waals surface area contributed by atoms with Crippen LogP contribution in [0.25, 0.3) is 4.91 Å². The molecule has 0 bridgehead atoms. The fraction of sp³-hybridized carbons (Fsp3) is 0.0909. The second-order valence-corrected chi connectivity index (χ2v) is 3.57. The van der Waals surface area contributed by atoms with E-state index in [2.05, 4.69) is 12.7 Å². The molecule has 0 saturated heterocycles. The van der Waals surface area contributed by atoms with Crippen molar-refractivity contribution in [3.63, 3.8) is 0 Å². The van der Waals surface area contributed by atoms with Crippen LogP contribution in [0.1, 0.15) is 12.5 Å². The molecule has 1 aromatic rings. The average molecular weight is 191 g/mol. The molecule has 0 saturated carbocycles. The number of nitrogen functional groups attached to an aromatic ring is 1. The molecule has 0 aliphatic heterocycles. The van der Waals surface area contributed by atoms with Crippen molar-refractivity contribution in [1.29, 1.82) is 0 Å². The Labute approximate surface area is 83.3 Å². The molecule has 1 rings (SSSR count). The van der Waals surface area contributed by atoms with Gasteiger partial charge in [-0.1, -0.05) is 36.5 Å². The van der Waals surface area contributed by atoms with Crippen molar-refractivity contribution in [2.24, 2.45) is 0 Å². The summed E-state index contributed by atoms with van der Waals surface area (Å²) in [5.74, 6) is 0. The summed E-state index contributed by atoms with van der Waals surface area (Å²) < 4.78 is 0. The maximum atomic E-state index is 5.68. The Kier molecular flexibility index (Phi) is 3.65. The molecule has 0 aromatic heterocycles. The van der Waals surface area contributed by atoms with Gasteiger partial charge < -0.3 is 5.73 Å². The molecule has 13 heavy (non-hydrogen) atoms. The van der Waals surface area contributed by atoms with Crippen molar-refractivity contribution >= 4 is 22.4 Å². The molecule has 2 N–H and O–H groups in total. The lowest BCUT2D eigenvalue weighted by molar-refractivity contribution is 1.62. The standard InChI is InChI=1S/C11H13NS/c1-3-11(13-4-2)9-6-5-7-10(12)8-9/h3-8H,2,12H2,1H3/b11-3-. The first kappa shape index (κ1) is 9.93. The third-order valence-electron chi connectivity index (χ3n) is 1.64. The van der Waals surface area contributed by atoms with Gasteiger partial charge in [-0.15, -0.1) is 0 Å². The summed E-state index contributed by atoms with van der Waals surface area (Å²) in [7, 11) is 0. The van der Waals surface area contributed by atoms with E-state index in [1.165, 1.54) is 4.91 Å². The van der Waals surface area contributed by atoms with E-state index in [9.17, 15) is 0 Å². The van der Waals surface area contributed by atoms with E-state index in [0.29, 0.717) is 0 Å². The van der Waals surface area contributed by atoms with E-state index in [0.717, 1.165) is 11.3 Å². The molecule has 0 radical (unpaired) electrons. The third-order valence-corrected chi connectivity index (χ3v) is 2.54. The molecule has 0 spiro atoms. The van der Waals surface area contributed by atoms with Gasteiger partial charge in [0.1, 0.15) is 0 Å². The summed E-state index contributed by atoms with van der Waals surface area (Å²) in [6.45, 7) is 5.70. The summed E-state index contributed by atoms with van der Waals surface area (Å²) in [6, 6.07) is 7.85. The van der Waals surface area contributed by atoms with Gasteiger partial charge in [-0.3, -0.25) is 0 Å². The van der Waals surface area contributed by atoms with Gasteiger partial charge in [-0.2, -0.15) is 0 Å². The highest BCUT2D eigenvalue weighted by atomic mass is 32.2. The number of anilines is 1. The number of nitrogens with two attached hydrogens (primary N) is 1. The first-order valence-electron chi connectivity index (χ1n) is 4.07. The predicted molar refractivity (Wildman–Crippen MR) is 62.3 cm³/mol. The molecule has 0 fully saturated rings. The zero-order valence-corrected chi connectivity index (χ0v) is 8.47. The van der Waals surface area contributed by atoms with Crippen molar-refractivity contribution in [1.82, 2.24) is 0 Å². The molecule has 0 aliphatic rings. The van der Waals surface area contributed by atoms with Crippen molar-refractivity contribution in [3.8, 4) is 0 Å². The van der Waals surface area contributed by atoms with Gasteiger partial charge in [-0.05, 0) is 30.0 Å². The number of thioether (sulfide) groups is 1. The van der Waals surface area contributed by atoms with Crippen LogP contribution in [-0.4, -0.2) is 0 Å². The molecule has 0 aliphatic carbocycles. The van der Waals surface area contributed by atoms with Crippen LogP contribution in [0.5, 0.6) is 0 Å². The van der Waals surface area contributed by atoms with Gasteiger partial charge in [0.05, 0.1) is 0 Å². The second kappa shape index (κ2) is 4.77. The molecule has 1 aromatic carbocycles. The molecule has 0 heterocycles. The largest absolute Gasteiger partial charge is 0.399 e. The first-order valence-corrected chi connectivity index (χ1v) is 4.95. The lowest BCUT2D eigenvalue weighted by Crippen LogP contribution is -1.85. The lowest BCUT2D eigenvalue weighted by atomic mass is 10.2. The zero-order valence-electron chi connectivity index (χ0n) is 7.66. The van der Waals surface area contributed by atoms with Crippen LogP contribution in [0, 0.1) is 0 Å². The Hall–Kier alpha value is -1.15.